The Morgan fingerprint density at radius 1 is 1.00 bits per heavy atom. The van der Waals surface area contributed by atoms with Gasteiger partial charge in [0.25, 0.3) is 0 Å². The van der Waals surface area contributed by atoms with E-state index < -0.39 is 23.6 Å². The summed E-state index contributed by atoms with van der Waals surface area (Å²) in [5, 5.41) is 23.1. The van der Waals surface area contributed by atoms with Crippen molar-refractivity contribution in [2.45, 2.75) is 106 Å². The van der Waals surface area contributed by atoms with Crippen molar-refractivity contribution < 1.29 is 29.0 Å². The number of rotatable bonds is 14. The predicted octanol–water partition coefficient (Wildman–Crippen LogP) is 6.90. The molecule has 3 atom stereocenters. The van der Waals surface area contributed by atoms with Gasteiger partial charge < -0.3 is 24.8 Å². The van der Waals surface area contributed by atoms with Crippen LogP contribution in [-0.4, -0.2) is 91.0 Å². The molecule has 1 saturated heterocycles. The number of aryl methyl sites for hydroxylation is 4. The molecule has 5 aromatic rings. The Kier molecular flexibility index (Phi) is 12.7. The van der Waals surface area contributed by atoms with Crippen LogP contribution >= 0.6 is 22.7 Å². The first-order chi connectivity index (χ1) is 28.6. The fraction of sp³-hybridized carbons (Fsp3) is 0.444. The third-order valence-corrected chi connectivity index (χ3v) is 13.3. The van der Waals surface area contributed by atoms with Crippen molar-refractivity contribution in [2.24, 2.45) is 10.4 Å². The fourth-order valence-electron chi connectivity index (χ4n) is 7.84. The van der Waals surface area contributed by atoms with Crippen LogP contribution in [0, 0.1) is 33.1 Å². The van der Waals surface area contributed by atoms with Crippen molar-refractivity contribution >= 4 is 46.0 Å². The Bertz CT molecular complexity index is 2430. The monoisotopic (exact) mass is 851 g/mol. The average Bonchev–Trinajstić information content (AvgIpc) is 3.96. The molecule has 3 aromatic heterocycles. The number of fused-ring (bicyclic) bond motifs is 3. The van der Waals surface area contributed by atoms with E-state index in [1.165, 1.54) is 22.3 Å². The third kappa shape index (κ3) is 9.08. The van der Waals surface area contributed by atoms with Crippen molar-refractivity contribution in [3.63, 3.8) is 0 Å². The summed E-state index contributed by atoms with van der Waals surface area (Å²) in [7, 11) is 0. The highest BCUT2D eigenvalue weighted by atomic mass is 32.1. The number of ketones is 1. The molecule has 7 rings (SSSR count). The standard InChI is InChI=1S/C45H53N7O6S2/c1-25-27(3)60-44-39(25)40(46-22-38-50-49-28(4)52(38)44)31-12-15-34(16-13-31)57-18-9-19-58-37-20-32(41-26(2)47-24-59-41)11-10-30(37)14-17-36(55)35-21-33(54)23-51(35)43(56)42(45(6,7)8)48-29(5)53/h10-13,15-16,20,24,33,35,42,54H,9,14,17-19,21-23H2,1-8H3,(H,48,53)/t33-,35+,42-/m1/s1. The fourth-order valence-corrected chi connectivity index (χ4v) is 9.87. The van der Waals surface area contributed by atoms with Crippen molar-refractivity contribution in [2.75, 3.05) is 19.8 Å². The van der Waals surface area contributed by atoms with E-state index >= 15 is 0 Å². The topological polar surface area (TPSA) is 161 Å². The number of thiazole rings is 1. The SMILES string of the molecule is CC(=O)N[C@H](C(=O)N1C[C@H](O)C[C@H]1C(=O)CCc1ccc(-c2scnc2C)cc1OCCCOc1ccc(C2=NCc3nnc(C)n3-c3sc(C)c(C)c32)cc1)C(C)(C)C. The van der Waals surface area contributed by atoms with E-state index in [9.17, 15) is 19.5 Å². The number of nitrogens with one attached hydrogen (secondary N) is 1. The number of aromatic nitrogens is 4. The summed E-state index contributed by atoms with van der Waals surface area (Å²) >= 11 is 3.30. The smallest absolute Gasteiger partial charge is 0.246 e. The van der Waals surface area contributed by atoms with Gasteiger partial charge in [0.15, 0.2) is 11.6 Å². The zero-order chi connectivity index (χ0) is 42.9. The Morgan fingerprint density at radius 3 is 2.43 bits per heavy atom. The molecule has 2 aliphatic heterocycles. The second kappa shape index (κ2) is 17.8. The van der Waals surface area contributed by atoms with Crippen molar-refractivity contribution in [3.05, 3.63) is 92.4 Å². The Hall–Kier alpha value is -5.25. The number of likely N-dealkylation sites (tertiary alicyclic amines) is 1. The quantitative estimate of drug-likeness (QED) is 0.113. The number of aliphatic hydroxyl groups excluding tert-OH is 1. The summed E-state index contributed by atoms with van der Waals surface area (Å²) in [6.07, 6.45) is 0.488. The minimum Gasteiger partial charge on any atom is -0.493 e. The molecule has 2 N–H and O–H groups in total. The average molecular weight is 852 g/mol. The number of thiophene rings is 1. The Balaban J connectivity index is 0.991. The maximum atomic E-state index is 13.8. The largest absolute Gasteiger partial charge is 0.493 e. The van der Waals surface area contributed by atoms with E-state index in [0.717, 1.165) is 60.9 Å². The lowest BCUT2D eigenvalue weighted by Gasteiger charge is -2.35. The van der Waals surface area contributed by atoms with Gasteiger partial charge in [-0.3, -0.25) is 23.9 Å². The van der Waals surface area contributed by atoms with E-state index in [4.69, 9.17) is 14.5 Å². The predicted molar refractivity (Wildman–Crippen MR) is 234 cm³/mol. The molecule has 60 heavy (non-hydrogen) atoms. The number of hydrogen-bond acceptors (Lipinski definition) is 12. The number of aliphatic hydroxyl groups is 1. The van der Waals surface area contributed by atoms with Crippen LogP contribution in [0.1, 0.15) is 91.4 Å². The van der Waals surface area contributed by atoms with Crippen molar-refractivity contribution in [1.82, 2.24) is 30.0 Å². The van der Waals surface area contributed by atoms with Gasteiger partial charge in [0.2, 0.25) is 11.8 Å². The lowest BCUT2D eigenvalue weighted by molar-refractivity contribution is -0.143. The molecule has 2 aliphatic rings. The number of hydrogen-bond donors (Lipinski definition) is 2. The van der Waals surface area contributed by atoms with E-state index in [1.54, 1.807) is 22.7 Å². The van der Waals surface area contributed by atoms with Gasteiger partial charge in [0.1, 0.15) is 34.9 Å². The number of carbonyl (C=O) groups is 3. The van der Waals surface area contributed by atoms with Gasteiger partial charge in [-0.25, -0.2) is 4.98 Å². The maximum Gasteiger partial charge on any atom is 0.246 e. The summed E-state index contributed by atoms with van der Waals surface area (Å²) in [4.78, 5) is 52.7. The van der Waals surface area contributed by atoms with E-state index in [-0.39, 0.29) is 37.0 Å². The molecule has 1 fully saturated rings. The molecular weight excluding hydrogens is 799 g/mol. The molecule has 0 spiro atoms. The van der Waals surface area contributed by atoms with Crippen molar-refractivity contribution in [1.29, 1.82) is 0 Å². The molecule has 2 amide bonds. The number of ether oxygens (including phenoxy) is 2. The molecule has 0 unspecified atom stereocenters. The highest BCUT2D eigenvalue weighted by Crippen LogP contribution is 2.37. The number of aliphatic imine (C=N–C) groups is 1. The van der Waals surface area contributed by atoms with Gasteiger partial charge in [0.05, 0.1) is 47.2 Å². The van der Waals surface area contributed by atoms with Crippen LogP contribution in [0.3, 0.4) is 0 Å². The zero-order valence-corrected chi connectivity index (χ0v) is 37.1. The van der Waals surface area contributed by atoms with Crippen LogP contribution in [0.4, 0.5) is 0 Å². The van der Waals surface area contributed by atoms with Crippen LogP contribution in [0.5, 0.6) is 11.5 Å². The van der Waals surface area contributed by atoms with Crippen LogP contribution in [0.15, 0.2) is 53.0 Å². The number of Topliss-reactive ketones (excluding diaryl/α,β-unsaturated/α-hetero) is 1. The third-order valence-electron chi connectivity index (χ3n) is 11.1. The second-order valence-electron chi connectivity index (χ2n) is 16.7. The van der Waals surface area contributed by atoms with Crippen LogP contribution in [0.2, 0.25) is 0 Å². The summed E-state index contributed by atoms with van der Waals surface area (Å²) in [5.41, 5.74) is 8.27. The molecule has 0 radical (unpaired) electrons. The highest BCUT2D eigenvalue weighted by molar-refractivity contribution is 7.15. The molecule has 2 aromatic carbocycles. The summed E-state index contributed by atoms with van der Waals surface area (Å²) in [6, 6.07) is 12.4. The van der Waals surface area contributed by atoms with Crippen LogP contribution in [-0.2, 0) is 27.3 Å². The molecule has 0 aliphatic carbocycles. The molecule has 5 heterocycles. The van der Waals surface area contributed by atoms with Crippen LogP contribution in [0.25, 0.3) is 15.4 Å². The first-order valence-electron chi connectivity index (χ1n) is 20.3. The van der Waals surface area contributed by atoms with E-state index in [1.807, 2.05) is 82.6 Å². The van der Waals surface area contributed by atoms with Gasteiger partial charge in [-0.1, -0.05) is 32.9 Å². The zero-order valence-electron chi connectivity index (χ0n) is 35.5. The molecular formula is C45H53N7O6S2. The Morgan fingerprint density at radius 2 is 1.73 bits per heavy atom. The number of carbonyl (C=O) groups excluding carboxylic acids is 3. The normalized spacial score (nSPS) is 16.8. The lowest BCUT2D eigenvalue weighted by atomic mass is 9.85. The number of benzene rings is 2. The van der Waals surface area contributed by atoms with Crippen LogP contribution < -0.4 is 14.8 Å². The molecule has 15 heteroatoms. The van der Waals surface area contributed by atoms with E-state index in [0.29, 0.717) is 38.3 Å². The lowest BCUT2D eigenvalue weighted by Crippen LogP contribution is -2.56. The molecule has 0 saturated carbocycles. The molecule has 13 nitrogen and oxygen atoms in total. The highest BCUT2D eigenvalue weighted by Gasteiger charge is 2.44. The first-order valence-corrected chi connectivity index (χ1v) is 22.0. The van der Waals surface area contributed by atoms with Crippen molar-refractivity contribution in [3.8, 4) is 26.9 Å². The summed E-state index contributed by atoms with van der Waals surface area (Å²) in [6.45, 7) is 16.5. The molecule has 316 valence electrons. The maximum absolute atomic E-state index is 13.8. The van der Waals surface area contributed by atoms with Gasteiger partial charge in [-0.05, 0) is 86.6 Å². The van der Waals surface area contributed by atoms with Gasteiger partial charge in [0, 0.05) is 48.7 Å². The van der Waals surface area contributed by atoms with Gasteiger partial charge >= 0.3 is 0 Å². The van der Waals surface area contributed by atoms with E-state index in [2.05, 4.69) is 38.9 Å². The Labute approximate surface area is 358 Å². The first kappa shape index (κ1) is 42.9. The van der Waals surface area contributed by atoms with Gasteiger partial charge in [-0.2, -0.15) is 0 Å². The summed E-state index contributed by atoms with van der Waals surface area (Å²) in [5.74, 6) is 2.26. The number of nitrogens with zero attached hydrogens (tertiary/aromatic N) is 6. The minimum atomic E-state index is -0.832. The summed E-state index contributed by atoms with van der Waals surface area (Å²) < 4.78 is 14.7. The number of β-amino-alcohol motifs (C(OH)–C–C–N with tert-alkyl or cyclic N) is 1. The minimum absolute atomic E-state index is 0.0424. The second-order valence-corrected chi connectivity index (χ2v) is 18.7. The molecule has 0 bridgehead atoms. The number of amides is 2. The van der Waals surface area contributed by atoms with Gasteiger partial charge in [-0.15, -0.1) is 32.9 Å².